The summed E-state index contributed by atoms with van der Waals surface area (Å²) >= 11 is 0. The highest BCUT2D eigenvalue weighted by Crippen LogP contribution is 2.33. The van der Waals surface area contributed by atoms with Crippen LogP contribution in [0.5, 0.6) is 0 Å². The number of hydrogen-bond acceptors (Lipinski definition) is 3. The second-order valence-corrected chi connectivity index (χ2v) is 5.93. The molecule has 0 bridgehead atoms. The SMILES string of the molecule is COCc1ccc([C@@H]2CCCN2C(=O)NCc2ccn(C)c2)o1. The van der Waals surface area contributed by atoms with Crippen LogP contribution < -0.4 is 5.32 Å². The highest BCUT2D eigenvalue weighted by Gasteiger charge is 2.32. The number of methoxy groups -OCH3 is 1. The van der Waals surface area contributed by atoms with Gasteiger partial charge < -0.3 is 23.9 Å². The van der Waals surface area contributed by atoms with Crippen LogP contribution in [-0.4, -0.2) is 29.2 Å². The van der Waals surface area contributed by atoms with Crippen molar-refractivity contribution in [2.24, 2.45) is 7.05 Å². The molecule has 0 saturated carbocycles. The van der Waals surface area contributed by atoms with Gasteiger partial charge in [0.05, 0.1) is 6.04 Å². The predicted octanol–water partition coefficient (Wildman–Crippen LogP) is 2.81. The Labute approximate surface area is 136 Å². The number of aryl methyl sites for hydroxylation is 1. The summed E-state index contributed by atoms with van der Waals surface area (Å²) in [5, 5.41) is 2.99. The fourth-order valence-electron chi connectivity index (χ4n) is 3.04. The first-order valence-electron chi connectivity index (χ1n) is 7.90. The molecule has 2 aromatic rings. The van der Waals surface area contributed by atoms with E-state index in [-0.39, 0.29) is 12.1 Å². The fourth-order valence-corrected chi connectivity index (χ4v) is 3.04. The number of ether oxygens (including phenoxy) is 1. The van der Waals surface area contributed by atoms with Crippen molar-refractivity contribution in [1.29, 1.82) is 0 Å². The van der Waals surface area contributed by atoms with Crippen LogP contribution in [0, 0.1) is 0 Å². The van der Waals surface area contributed by atoms with E-state index in [2.05, 4.69) is 5.32 Å². The number of hydrogen-bond donors (Lipinski definition) is 1. The first-order valence-corrected chi connectivity index (χ1v) is 7.90. The molecule has 0 radical (unpaired) electrons. The maximum absolute atomic E-state index is 12.5. The van der Waals surface area contributed by atoms with E-state index in [0.717, 1.165) is 36.5 Å². The molecule has 6 nitrogen and oxygen atoms in total. The van der Waals surface area contributed by atoms with E-state index in [1.54, 1.807) is 7.11 Å². The molecule has 1 saturated heterocycles. The molecule has 0 aliphatic carbocycles. The molecule has 23 heavy (non-hydrogen) atoms. The molecule has 1 aliphatic heterocycles. The molecule has 0 unspecified atom stereocenters. The Hall–Kier alpha value is -2.21. The van der Waals surface area contributed by atoms with Crippen LogP contribution in [-0.2, 0) is 24.9 Å². The summed E-state index contributed by atoms with van der Waals surface area (Å²) in [6, 6.07) is 5.84. The maximum atomic E-state index is 12.5. The normalized spacial score (nSPS) is 17.7. The summed E-state index contributed by atoms with van der Waals surface area (Å²) in [5.41, 5.74) is 1.09. The molecule has 2 amide bonds. The summed E-state index contributed by atoms with van der Waals surface area (Å²) in [7, 11) is 3.61. The van der Waals surface area contributed by atoms with Gasteiger partial charge in [-0.3, -0.25) is 0 Å². The minimum absolute atomic E-state index is 0.0105. The number of aromatic nitrogens is 1. The molecule has 6 heteroatoms. The van der Waals surface area contributed by atoms with Gasteiger partial charge in [0.15, 0.2) is 0 Å². The summed E-state index contributed by atoms with van der Waals surface area (Å²) in [5.74, 6) is 1.63. The molecule has 3 rings (SSSR count). The number of furan rings is 1. The Morgan fingerprint density at radius 1 is 1.43 bits per heavy atom. The molecule has 3 heterocycles. The number of urea groups is 1. The fraction of sp³-hybridized carbons (Fsp3) is 0.471. The van der Waals surface area contributed by atoms with Crippen molar-refractivity contribution >= 4 is 6.03 Å². The van der Waals surface area contributed by atoms with Crippen molar-refractivity contribution < 1.29 is 13.9 Å². The third kappa shape index (κ3) is 3.59. The van der Waals surface area contributed by atoms with E-state index in [0.29, 0.717) is 13.2 Å². The van der Waals surface area contributed by atoms with Crippen LogP contribution in [0.3, 0.4) is 0 Å². The van der Waals surface area contributed by atoms with Crippen molar-refractivity contribution in [2.75, 3.05) is 13.7 Å². The van der Waals surface area contributed by atoms with Gasteiger partial charge in [0.2, 0.25) is 0 Å². The summed E-state index contributed by atoms with van der Waals surface area (Å²) in [6.45, 7) is 1.74. The van der Waals surface area contributed by atoms with Gasteiger partial charge in [0.25, 0.3) is 0 Å². The largest absolute Gasteiger partial charge is 0.461 e. The number of carbonyl (C=O) groups excluding carboxylic acids is 1. The van der Waals surface area contributed by atoms with E-state index < -0.39 is 0 Å². The van der Waals surface area contributed by atoms with Gasteiger partial charge in [-0.25, -0.2) is 4.79 Å². The van der Waals surface area contributed by atoms with Crippen molar-refractivity contribution in [2.45, 2.75) is 32.0 Å². The predicted molar refractivity (Wildman–Crippen MR) is 85.8 cm³/mol. The first kappa shape index (κ1) is 15.7. The lowest BCUT2D eigenvalue weighted by Crippen LogP contribution is -2.39. The minimum atomic E-state index is -0.0407. The van der Waals surface area contributed by atoms with E-state index >= 15 is 0 Å². The van der Waals surface area contributed by atoms with Crippen molar-refractivity contribution in [3.8, 4) is 0 Å². The average molecular weight is 317 g/mol. The van der Waals surface area contributed by atoms with Gasteiger partial charge in [-0.15, -0.1) is 0 Å². The van der Waals surface area contributed by atoms with E-state index in [1.807, 2.05) is 47.1 Å². The maximum Gasteiger partial charge on any atom is 0.318 e. The quantitative estimate of drug-likeness (QED) is 0.922. The topological polar surface area (TPSA) is 59.6 Å². The molecule has 0 aromatic carbocycles. The van der Waals surface area contributed by atoms with Gasteiger partial charge in [-0.05, 0) is 36.6 Å². The van der Waals surface area contributed by atoms with Crippen LogP contribution in [0.4, 0.5) is 4.79 Å². The second kappa shape index (κ2) is 6.91. The Bertz CT molecular complexity index is 662. The van der Waals surface area contributed by atoms with Crippen molar-refractivity contribution in [3.63, 3.8) is 0 Å². The van der Waals surface area contributed by atoms with E-state index in [1.165, 1.54) is 0 Å². The number of nitrogens with one attached hydrogen (secondary N) is 1. The number of rotatable bonds is 5. The molecule has 1 N–H and O–H groups in total. The summed E-state index contributed by atoms with van der Waals surface area (Å²) in [6.07, 6.45) is 5.90. The van der Waals surface area contributed by atoms with Gasteiger partial charge >= 0.3 is 6.03 Å². The molecule has 124 valence electrons. The minimum Gasteiger partial charge on any atom is -0.461 e. The van der Waals surface area contributed by atoms with Crippen molar-refractivity contribution in [1.82, 2.24) is 14.8 Å². The number of amides is 2. The number of carbonyl (C=O) groups is 1. The first-order chi connectivity index (χ1) is 11.2. The zero-order chi connectivity index (χ0) is 16.2. The lowest BCUT2D eigenvalue weighted by molar-refractivity contribution is 0.156. The van der Waals surface area contributed by atoms with Gasteiger partial charge in [0, 0.05) is 39.6 Å². The molecule has 1 fully saturated rings. The Morgan fingerprint density at radius 2 is 2.30 bits per heavy atom. The Kier molecular flexibility index (Phi) is 4.71. The van der Waals surface area contributed by atoms with Gasteiger partial charge in [0.1, 0.15) is 18.1 Å². The third-order valence-corrected chi connectivity index (χ3v) is 4.15. The lowest BCUT2D eigenvalue weighted by atomic mass is 10.2. The number of nitrogens with zero attached hydrogens (tertiary/aromatic N) is 2. The van der Waals surface area contributed by atoms with Crippen LogP contribution in [0.1, 0.15) is 36.0 Å². The zero-order valence-electron chi connectivity index (χ0n) is 13.6. The van der Waals surface area contributed by atoms with E-state index in [4.69, 9.17) is 9.15 Å². The standard InChI is InChI=1S/C17H23N3O3/c1-19-9-7-13(11-19)10-18-17(21)20-8-3-4-15(20)16-6-5-14(23-16)12-22-2/h5-7,9,11,15H,3-4,8,10,12H2,1-2H3,(H,18,21)/t15-/m0/s1. The van der Waals surface area contributed by atoms with Crippen LogP contribution in [0.15, 0.2) is 35.0 Å². The lowest BCUT2D eigenvalue weighted by Gasteiger charge is -2.23. The van der Waals surface area contributed by atoms with Crippen LogP contribution >= 0.6 is 0 Å². The van der Waals surface area contributed by atoms with E-state index in [9.17, 15) is 4.79 Å². The average Bonchev–Trinajstić information content (AvgIpc) is 3.24. The molecule has 1 atom stereocenters. The highest BCUT2D eigenvalue weighted by atomic mass is 16.5. The number of likely N-dealkylation sites (tertiary alicyclic amines) is 1. The van der Waals surface area contributed by atoms with Gasteiger partial charge in [-0.1, -0.05) is 0 Å². The van der Waals surface area contributed by atoms with Crippen LogP contribution in [0.25, 0.3) is 0 Å². The van der Waals surface area contributed by atoms with Gasteiger partial charge in [-0.2, -0.15) is 0 Å². The third-order valence-electron chi connectivity index (χ3n) is 4.15. The Balaban J connectivity index is 1.62. The molecular formula is C17H23N3O3. The summed E-state index contributed by atoms with van der Waals surface area (Å²) < 4.78 is 12.9. The van der Waals surface area contributed by atoms with Crippen LogP contribution in [0.2, 0.25) is 0 Å². The highest BCUT2D eigenvalue weighted by molar-refractivity contribution is 5.75. The molecule has 1 aliphatic rings. The summed E-state index contributed by atoms with van der Waals surface area (Å²) in [4.78, 5) is 14.3. The van der Waals surface area contributed by atoms with Crippen molar-refractivity contribution in [3.05, 3.63) is 47.7 Å². The molecule has 0 spiro atoms. The monoisotopic (exact) mass is 317 g/mol. The zero-order valence-corrected chi connectivity index (χ0v) is 13.6. The smallest absolute Gasteiger partial charge is 0.318 e. The molecular weight excluding hydrogens is 294 g/mol. The second-order valence-electron chi connectivity index (χ2n) is 5.93. The molecule has 2 aromatic heterocycles. The Morgan fingerprint density at radius 3 is 3.04 bits per heavy atom.